The van der Waals surface area contributed by atoms with Gasteiger partial charge in [-0.25, -0.2) is 0 Å². The van der Waals surface area contributed by atoms with Crippen molar-refractivity contribution in [3.63, 3.8) is 0 Å². The average molecular weight is 190 g/mol. The lowest BCUT2D eigenvalue weighted by molar-refractivity contribution is 0.645. The predicted molar refractivity (Wildman–Crippen MR) is 55.0 cm³/mol. The summed E-state index contributed by atoms with van der Waals surface area (Å²) in [5.41, 5.74) is 4.05. The largest absolute Gasteiger partial charge is 0.312 e. The molecule has 0 atom stereocenters. The smallest absolute Gasteiger partial charge is 0.0812 e. The minimum Gasteiger partial charge on any atom is -0.312 e. The molecule has 3 heterocycles. The summed E-state index contributed by atoms with van der Waals surface area (Å²) >= 11 is 1.81. The quantitative estimate of drug-likeness (QED) is 0.686. The van der Waals surface area contributed by atoms with Gasteiger partial charge >= 0.3 is 0 Å². The summed E-state index contributed by atoms with van der Waals surface area (Å²) in [5, 5.41) is 5.49. The lowest BCUT2D eigenvalue weighted by atomic mass is 10.0. The highest BCUT2D eigenvalue weighted by molar-refractivity contribution is 7.17. The lowest BCUT2D eigenvalue weighted by Crippen LogP contribution is -2.23. The molecule has 66 valence electrons. The number of aromatic nitrogens is 1. The second kappa shape index (κ2) is 2.79. The van der Waals surface area contributed by atoms with Gasteiger partial charge in [0.1, 0.15) is 0 Å². The molecule has 2 aromatic rings. The van der Waals surface area contributed by atoms with Gasteiger partial charge in [0, 0.05) is 12.7 Å². The number of hydrogen-bond donors (Lipinski definition) is 1. The third-order valence-electron chi connectivity index (χ3n) is 2.53. The Hall–Kier alpha value is -0.930. The molecule has 1 N–H and O–H groups in total. The van der Waals surface area contributed by atoms with Crippen molar-refractivity contribution in [2.45, 2.75) is 13.0 Å². The van der Waals surface area contributed by atoms with Gasteiger partial charge in [-0.05, 0) is 35.5 Å². The second-order valence-electron chi connectivity index (χ2n) is 3.32. The molecule has 0 fully saturated rings. The number of nitrogens with one attached hydrogen (secondary N) is 1. The highest BCUT2D eigenvalue weighted by Gasteiger charge is 2.12. The number of pyridine rings is 1. The second-order valence-corrected chi connectivity index (χ2v) is 4.24. The first-order valence-corrected chi connectivity index (χ1v) is 5.38. The summed E-state index contributed by atoms with van der Waals surface area (Å²) in [6.45, 7) is 2.08. The van der Waals surface area contributed by atoms with E-state index < -0.39 is 0 Å². The third kappa shape index (κ3) is 1.08. The van der Waals surface area contributed by atoms with E-state index in [1.54, 1.807) is 0 Å². The van der Waals surface area contributed by atoms with Crippen LogP contribution >= 0.6 is 11.3 Å². The summed E-state index contributed by atoms with van der Waals surface area (Å²) in [6, 6.07) is 2.10. The van der Waals surface area contributed by atoms with E-state index in [9.17, 15) is 0 Å². The fourth-order valence-electron chi connectivity index (χ4n) is 1.86. The third-order valence-corrected chi connectivity index (χ3v) is 3.50. The van der Waals surface area contributed by atoms with E-state index >= 15 is 0 Å². The molecule has 0 radical (unpaired) electrons. The van der Waals surface area contributed by atoms with Gasteiger partial charge in [-0.2, -0.15) is 0 Å². The van der Waals surface area contributed by atoms with Crippen LogP contribution in [0.3, 0.4) is 0 Å². The first-order valence-electron chi connectivity index (χ1n) is 4.50. The van der Waals surface area contributed by atoms with Gasteiger partial charge in [0.05, 0.1) is 10.2 Å². The Kier molecular flexibility index (Phi) is 1.60. The maximum Gasteiger partial charge on any atom is 0.0812 e. The number of hydrogen-bond acceptors (Lipinski definition) is 3. The average Bonchev–Trinajstić information content (AvgIpc) is 2.65. The van der Waals surface area contributed by atoms with Crippen molar-refractivity contribution in [3.05, 3.63) is 28.8 Å². The maximum absolute atomic E-state index is 4.42. The molecule has 1 aliphatic heterocycles. The molecule has 0 unspecified atom stereocenters. The van der Waals surface area contributed by atoms with Crippen LogP contribution in [0.2, 0.25) is 0 Å². The van der Waals surface area contributed by atoms with Crippen molar-refractivity contribution in [2.75, 3.05) is 6.54 Å². The molecule has 0 saturated carbocycles. The summed E-state index contributed by atoms with van der Waals surface area (Å²) < 4.78 is 1.39. The summed E-state index contributed by atoms with van der Waals surface area (Å²) in [6.07, 6.45) is 3.16. The zero-order valence-corrected chi connectivity index (χ0v) is 8.03. The molecule has 3 heteroatoms. The van der Waals surface area contributed by atoms with E-state index in [-0.39, 0.29) is 0 Å². The molecule has 0 bridgehead atoms. The highest BCUT2D eigenvalue weighted by atomic mass is 32.1. The van der Waals surface area contributed by atoms with Crippen molar-refractivity contribution in [3.8, 4) is 0 Å². The number of nitrogens with zero attached hydrogens (tertiary/aromatic N) is 1. The minimum atomic E-state index is 0.982. The van der Waals surface area contributed by atoms with Gasteiger partial charge in [-0.1, -0.05) is 0 Å². The van der Waals surface area contributed by atoms with E-state index in [4.69, 9.17) is 0 Å². The zero-order valence-electron chi connectivity index (χ0n) is 7.21. The van der Waals surface area contributed by atoms with E-state index in [0.717, 1.165) is 25.0 Å². The van der Waals surface area contributed by atoms with Gasteiger partial charge in [0.25, 0.3) is 0 Å². The van der Waals surface area contributed by atoms with Crippen LogP contribution in [0.4, 0.5) is 0 Å². The molecule has 13 heavy (non-hydrogen) atoms. The van der Waals surface area contributed by atoms with Gasteiger partial charge in [0.2, 0.25) is 0 Å². The van der Waals surface area contributed by atoms with Crippen LogP contribution in [0.15, 0.2) is 17.6 Å². The lowest BCUT2D eigenvalue weighted by Gasteiger charge is -2.16. The Morgan fingerprint density at radius 2 is 2.46 bits per heavy atom. The number of rotatable bonds is 0. The molecule has 1 aliphatic rings. The Morgan fingerprint density at radius 3 is 3.46 bits per heavy atom. The van der Waals surface area contributed by atoms with E-state index in [0.29, 0.717) is 0 Å². The van der Waals surface area contributed by atoms with Crippen molar-refractivity contribution in [1.29, 1.82) is 0 Å². The minimum absolute atomic E-state index is 0.982. The fourth-order valence-corrected chi connectivity index (χ4v) is 2.81. The summed E-state index contributed by atoms with van der Waals surface area (Å²) in [7, 11) is 0. The van der Waals surface area contributed by atoms with Crippen LogP contribution in [-0.4, -0.2) is 11.5 Å². The van der Waals surface area contributed by atoms with Crippen LogP contribution in [0.5, 0.6) is 0 Å². The molecular formula is C10H10N2S. The first-order chi connectivity index (χ1) is 6.45. The standard InChI is InChI=1S/C10H10N2S/c1-3-11-5-7-6-12-9-2-4-13-10(9)8(1)7/h2,4,6,11H,1,3,5H2. The molecule has 3 rings (SSSR count). The summed E-state index contributed by atoms with van der Waals surface area (Å²) in [4.78, 5) is 4.42. The van der Waals surface area contributed by atoms with Gasteiger partial charge in [-0.3, -0.25) is 4.98 Å². The van der Waals surface area contributed by atoms with Crippen LogP contribution in [0.1, 0.15) is 11.1 Å². The van der Waals surface area contributed by atoms with Crippen molar-refractivity contribution in [1.82, 2.24) is 10.3 Å². The van der Waals surface area contributed by atoms with Crippen LogP contribution in [0, 0.1) is 0 Å². The van der Waals surface area contributed by atoms with Crippen LogP contribution in [-0.2, 0) is 13.0 Å². The predicted octanol–water partition coefficient (Wildman–Crippen LogP) is 1.94. The van der Waals surface area contributed by atoms with E-state index in [2.05, 4.69) is 21.7 Å². The molecule has 0 aliphatic carbocycles. The monoisotopic (exact) mass is 190 g/mol. The van der Waals surface area contributed by atoms with Crippen LogP contribution < -0.4 is 5.32 Å². The molecule has 0 aromatic carbocycles. The zero-order chi connectivity index (χ0) is 8.67. The maximum atomic E-state index is 4.42. The van der Waals surface area contributed by atoms with Gasteiger partial charge in [-0.15, -0.1) is 11.3 Å². The van der Waals surface area contributed by atoms with Crippen molar-refractivity contribution in [2.24, 2.45) is 0 Å². The van der Waals surface area contributed by atoms with E-state index in [1.807, 2.05) is 17.5 Å². The SMILES string of the molecule is c1cc2ncc3c(c2s1)CCNC3. The first kappa shape index (κ1) is 7.47. The Morgan fingerprint density at radius 1 is 1.46 bits per heavy atom. The molecule has 2 nitrogen and oxygen atoms in total. The van der Waals surface area contributed by atoms with Gasteiger partial charge in [0.15, 0.2) is 0 Å². The normalized spacial score (nSPS) is 16.0. The molecule has 0 saturated heterocycles. The van der Waals surface area contributed by atoms with Crippen LogP contribution in [0.25, 0.3) is 10.2 Å². The van der Waals surface area contributed by atoms with Gasteiger partial charge < -0.3 is 5.32 Å². The number of thiophene rings is 1. The van der Waals surface area contributed by atoms with E-state index in [1.165, 1.54) is 15.8 Å². The van der Waals surface area contributed by atoms with Crippen molar-refractivity contribution >= 4 is 21.6 Å². The molecule has 0 amide bonds. The summed E-state index contributed by atoms with van der Waals surface area (Å²) in [5.74, 6) is 0. The molecule has 0 spiro atoms. The Balaban J connectivity index is 2.34. The Bertz CT molecular complexity index is 447. The number of fused-ring (bicyclic) bond motifs is 3. The topological polar surface area (TPSA) is 24.9 Å². The molecule has 2 aromatic heterocycles. The fraction of sp³-hybridized carbons (Fsp3) is 0.300. The molecular weight excluding hydrogens is 180 g/mol. The highest BCUT2D eigenvalue weighted by Crippen LogP contribution is 2.27. The Labute approximate surface area is 80.6 Å². The van der Waals surface area contributed by atoms with Crippen molar-refractivity contribution < 1.29 is 0 Å².